The molecule has 0 bridgehead atoms. The Hall–Kier alpha value is -6.13. The molecule has 59 heavy (non-hydrogen) atoms. The van der Waals surface area contributed by atoms with E-state index in [1.54, 1.807) is 58.1 Å². The number of imide groups is 2. The summed E-state index contributed by atoms with van der Waals surface area (Å²) in [5.74, 6) is -1.13. The van der Waals surface area contributed by atoms with Gasteiger partial charge in [0.2, 0.25) is 17.7 Å². The van der Waals surface area contributed by atoms with Crippen molar-refractivity contribution in [3.05, 3.63) is 82.0 Å². The van der Waals surface area contributed by atoms with Crippen LogP contribution in [-0.2, 0) is 27.9 Å². The molecule has 5 amide bonds. The number of carbonyl (C=O) groups excluding carboxylic acids is 5. The van der Waals surface area contributed by atoms with Gasteiger partial charge in [-0.3, -0.25) is 44.0 Å². The molecule has 0 spiro atoms. The number of nitrogens with zero attached hydrogens (tertiary/aromatic N) is 3. The van der Waals surface area contributed by atoms with Gasteiger partial charge in [-0.2, -0.15) is 0 Å². The van der Waals surface area contributed by atoms with E-state index in [0.29, 0.717) is 61.5 Å². The fourth-order valence-electron chi connectivity index (χ4n) is 8.19. The van der Waals surface area contributed by atoms with Crippen molar-refractivity contribution in [2.45, 2.75) is 69.5 Å². The normalized spacial score (nSPS) is 17.6. The third kappa shape index (κ3) is 8.54. The SMILES string of the molecule is COc1cc(-c2cn(C)c(=O)c3cnccc23)cc(OC)c1CC(CC(N)CCCCCNc1cccc2c1C(=O)N(C1CCC(=O)NC1=O)C2=O)NC(=O)C1CNC1. The number of nitrogens with two attached hydrogens (primary N) is 1. The van der Waals surface area contributed by atoms with Gasteiger partial charge in [-0.1, -0.05) is 18.9 Å². The first kappa shape index (κ1) is 41.0. The number of methoxy groups -OCH3 is 2. The highest BCUT2D eigenvalue weighted by atomic mass is 16.5. The second-order valence-corrected chi connectivity index (χ2v) is 15.5. The van der Waals surface area contributed by atoms with Crippen LogP contribution in [-0.4, -0.2) is 96.0 Å². The van der Waals surface area contributed by atoms with E-state index in [9.17, 15) is 28.8 Å². The molecule has 3 atom stereocenters. The number of aryl methyl sites for hydroxylation is 1. The maximum Gasteiger partial charge on any atom is 0.264 e. The van der Waals surface area contributed by atoms with E-state index in [4.69, 9.17) is 15.2 Å². The number of benzene rings is 2. The predicted molar refractivity (Wildman–Crippen MR) is 220 cm³/mol. The van der Waals surface area contributed by atoms with Crippen LogP contribution < -0.4 is 42.0 Å². The topological polar surface area (TPSA) is 216 Å². The number of piperidine rings is 1. The number of anilines is 1. The molecule has 4 aromatic rings. The highest BCUT2D eigenvalue weighted by Gasteiger charge is 2.45. The molecule has 16 nitrogen and oxygen atoms in total. The summed E-state index contributed by atoms with van der Waals surface area (Å²) >= 11 is 0. The maximum atomic E-state index is 13.4. The van der Waals surface area contributed by atoms with Crippen LogP contribution >= 0.6 is 0 Å². The second-order valence-electron chi connectivity index (χ2n) is 15.5. The van der Waals surface area contributed by atoms with Crippen molar-refractivity contribution >= 4 is 46.0 Å². The minimum absolute atomic E-state index is 0.0281. The van der Waals surface area contributed by atoms with Gasteiger partial charge in [-0.25, -0.2) is 0 Å². The Bertz CT molecular complexity index is 2330. The van der Waals surface area contributed by atoms with Gasteiger partial charge < -0.3 is 35.7 Å². The number of amides is 5. The number of fused-ring (bicyclic) bond motifs is 2. The standard InChI is InChI=1S/C43H50N8O8/c1-50-23-32(28-13-15-45-22-31(28)41(50)55)24-16-35(58-2)30(36(17-24)59-3)19-27(48-39(53)25-20-46-21-25)18-26(44)8-5-4-6-14-47-33-10-7-9-29-38(33)43(57)51(42(29)56)34-11-12-37(52)49-40(34)54/h7,9-10,13,15-17,22-23,25-27,34,46-47H,4-6,8,11-12,14,18-21,44H2,1-3H3,(H,48,53)(H,49,52,54). The Kier molecular flexibility index (Phi) is 12.4. The van der Waals surface area contributed by atoms with E-state index in [1.807, 2.05) is 18.2 Å². The number of hydrogen-bond donors (Lipinski definition) is 5. The molecule has 0 aliphatic carbocycles. The molecule has 2 fully saturated rings. The Morgan fingerprint density at radius 3 is 2.44 bits per heavy atom. The number of hydrogen-bond acceptors (Lipinski definition) is 12. The van der Waals surface area contributed by atoms with E-state index < -0.39 is 29.7 Å². The molecule has 2 aromatic heterocycles. The van der Waals surface area contributed by atoms with Crippen LogP contribution in [0.25, 0.3) is 21.9 Å². The van der Waals surface area contributed by atoms with Crippen molar-refractivity contribution in [2.24, 2.45) is 18.7 Å². The highest BCUT2D eigenvalue weighted by molar-refractivity contribution is 6.25. The van der Waals surface area contributed by atoms with Gasteiger partial charge in [0.1, 0.15) is 17.5 Å². The zero-order chi connectivity index (χ0) is 41.8. The van der Waals surface area contributed by atoms with Crippen LogP contribution in [0.2, 0.25) is 0 Å². The van der Waals surface area contributed by atoms with Crippen LogP contribution in [0.4, 0.5) is 5.69 Å². The van der Waals surface area contributed by atoms with Crippen LogP contribution in [0.5, 0.6) is 11.5 Å². The molecule has 16 heteroatoms. The number of pyridine rings is 2. The summed E-state index contributed by atoms with van der Waals surface area (Å²) in [6.07, 6.45) is 9.26. The van der Waals surface area contributed by atoms with Crippen molar-refractivity contribution in [1.82, 2.24) is 30.4 Å². The molecule has 7 rings (SSSR count). The van der Waals surface area contributed by atoms with E-state index in [1.165, 1.54) is 4.57 Å². The lowest BCUT2D eigenvalue weighted by Crippen LogP contribution is -2.54. The molecule has 5 heterocycles. The highest BCUT2D eigenvalue weighted by Crippen LogP contribution is 2.38. The summed E-state index contributed by atoms with van der Waals surface area (Å²) in [7, 11) is 4.89. The summed E-state index contributed by atoms with van der Waals surface area (Å²) in [5, 5.41) is 13.2. The van der Waals surface area contributed by atoms with Crippen molar-refractivity contribution in [2.75, 3.05) is 39.2 Å². The molecule has 0 saturated carbocycles. The fraction of sp³-hybridized carbons (Fsp3) is 0.419. The molecule has 310 valence electrons. The lowest BCUT2D eigenvalue weighted by Gasteiger charge is -2.30. The predicted octanol–water partition coefficient (Wildman–Crippen LogP) is 2.66. The summed E-state index contributed by atoms with van der Waals surface area (Å²) in [6.45, 7) is 1.79. The van der Waals surface area contributed by atoms with Crippen molar-refractivity contribution in [3.63, 3.8) is 0 Å². The molecule has 3 aliphatic rings. The first-order valence-electron chi connectivity index (χ1n) is 20.0. The monoisotopic (exact) mass is 806 g/mol. The van der Waals surface area contributed by atoms with Crippen LogP contribution in [0.3, 0.4) is 0 Å². The van der Waals surface area contributed by atoms with Gasteiger partial charge in [-0.15, -0.1) is 0 Å². The smallest absolute Gasteiger partial charge is 0.264 e. The molecule has 0 radical (unpaired) electrons. The third-order valence-electron chi connectivity index (χ3n) is 11.5. The van der Waals surface area contributed by atoms with Gasteiger partial charge in [-0.05, 0) is 73.4 Å². The van der Waals surface area contributed by atoms with Crippen LogP contribution in [0.1, 0.15) is 71.2 Å². The minimum Gasteiger partial charge on any atom is -0.496 e. The molecular formula is C43H50N8O8. The van der Waals surface area contributed by atoms with Gasteiger partial charge in [0.25, 0.3) is 17.4 Å². The number of rotatable bonds is 17. The van der Waals surface area contributed by atoms with Gasteiger partial charge in [0.05, 0.1) is 36.7 Å². The Morgan fingerprint density at radius 1 is 0.983 bits per heavy atom. The van der Waals surface area contributed by atoms with Crippen molar-refractivity contribution in [1.29, 1.82) is 0 Å². The van der Waals surface area contributed by atoms with Gasteiger partial charge >= 0.3 is 0 Å². The van der Waals surface area contributed by atoms with Gasteiger partial charge in [0.15, 0.2) is 0 Å². The molecular weight excluding hydrogens is 757 g/mol. The van der Waals surface area contributed by atoms with Gasteiger partial charge in [0, 0.05) is 80.6 Å². The first-order valence-corrected chi connectivity index (χ1v) is 20.0. The Balaban J connectivity index is 0.979. The lowest BCUT2D eigenvalue weighted by molar-refractivity contribution is -0.136. The minimum atomic E-state index is -1.03. The average molecular weight is 807 g/mol. The molecule has 3 aliphatic heterocycles. The van der Waals surface area contributed by atoms with E-state index in [2.05, 4.69) is 26.3 Å². The number of unbranched alkanes of at least 4 members (excludes halogenated alkanes) is 2. The second kappa shape index (κ2) is 17.8. The average Bonchev–Trinajstić information content (AvgIpc) is 3.45. The fourth-order valence-corrected chi connectivity index (χ4v) is 8.19. The lowest BCUT2D eigenvalue weighted by atomic mass is 9.92. The summed E-state index contributed by atoms with van der Waals surface area (Å²) in [6, 6.07) is 9.13. The van der Waals surface area contributed by atoms with Crippen LogP contribution in [0, 0.1) is 5.92 Å². The maximum absolute atomic E-state index is 13.4. The van der Waals surface area contributed by atoms with Crippen molar-refractivity contribution in [3.8, 4) is 22.6 Å². The largest absolute Gasteiger partial charge is 0.496 e. The number of aromatic nitrogens is 2. The number of nitrogens with one attached hydrogen (secondary N) is 4. The summed E-state index contributed by atoms with van der Waals surface area (Å²) < 4.78 is 13.4. The molecule has 2 aromatic carbocycles. The Labute approximate surface area is 341 Å². The molecule has 2 saturated heterocycles. The van der Waals surface area contributed by atoms with E-state index >= 15 is 0 Å². The summed E-state index contributed by atoms with van der Waals surface area (Å²) in [4.78, 5) is 82.0. The molecule has 3 unspecified atom stereocenters. The van der Waals surface area contributed by atoms with E-state index in [-0.39, 0.29) is 53.4 Å². The number of ether oxygens (including phenoxy) is 2. The number of carbonyl (C=O) groups is 5. The zero-order valence-electron chi connectivity index (χ0n) is 33.5. The van der Waals surface area contributed by atoms with Crippen LogP contribution in [0.15, 0.2) is 59.8 Å². The molecule has 6 N–H and O–H groups in total. The first-order chi connectivity index (χ1) is 28.5. The summed E-state index contributed by atoms with van der Waals surface area (Å²) in [5.41, 5.74) is 9.98. The van der Waals surface area contributed by atoms with Crippen molar-refractivity contribution < 1.29 is 33.4 Å². The zero-order valence-corrected chi connectivity index (χ0v) is 33.5. The quantitative estimate of drug-likeness (QED) is 0.0770. The Morgan fingerprint density at radius 2 is 1.75 bits per heavy atom. The van der Waals surface area contributed by atoms with E-state index in [0.717, 1.165) is 46.2 Å². The third-order valence-corrected chi connectivity index (χ3v) is 11.5.